The lowest BCUT2D eigenvalue weighted by atomic mass is 9.77. The number of anilines is 1. The fourth-order valence-electron chi connectivity index (χ4n) is 5.37. The summed E-state index contributed by atoms with van der Waals surface area (Å²) in [6.07, 6.45) is 1.55. The number of benzene rings is 1. The number of aliphatic hydroxyl groups excluding tert-OH is 1. The van der Waals surface area contributed by atoms with Crippen LogP contribution in [0, 0.1) is 12.3 Å². The predicted molar refractivity (Wildman–Crippen MR) is 120 cm³/mol. The third-order valence-electron chi connectivity index (χ3n) is 7.55. The van der Waals surface area contributed by atoms with Crippen LogP contribution in [-0.2, 0) is 23.2 Å². The standard InChI is InChI=1S/C24H28N4O5/c1-15-16(3-4-17-18(15)14-33-22(17)31)19(29)13-27-10-7-24(8-11-27)9-12-28(23(24)32)20-5-6-21(30)26(2)25-20/h3-6,19,29H,7-14H2,1-2H3/t19-/m1/s1. The Morgan fingerprint density at radius 3 is 2.55 bits per heavy atom. The van der Waals surface area contributed by atoms with Crippen LogP contribution in [0.2, 0.25) is 0 Å². The summed E-state index contributed by atoms with van der Waals surface area (Å²) in [4.78, 5) is 40.6. The van der Waals surface area contributed by atoms with Gasteiger partial charge in [-0.3, -0.25) is 14.5 Å². The number of carbonyl (C=O) groups is 2. The van der Waals surface area contributed by atoms with Gasteiger partial charge < -0.3 is 14.7 Å². The highest BCUT2D eigenvalue weighted by Gasteiger charge is 2.49. The minimum Gasteiger partial charge on any atom is -0.457 e. The zero-order valence-corrected chi connectivity index (χ0v) is 18.9. The second kappa shape index (κ2) is 8.07. The molecule has 2 saturated heterocycles. The molecule has 3 aliphatic rings. The van der Waals surface area contributed by atoms with Crippen molar-refractivity contribution < 1.29 is 19.4 Å². The zero-order chi connectivity index (χ0) is 23.3. The van der Waals surface area contributed by atoms with Crippen molar-refractivity contribution in [2.75, 3.05) is 31.1 Å². The Balaban J connectivity index is 1.23. The third-order valence-corrected chi connectivity index (χ3v) is 7.55. The van der Waals surface area contributed by atoms with E-state index in [0.717, 1.165) is 49.0 Å². The third kappa shape index (κ3) is 3.65. The van der Waals surface area contributed by atoms with Crippen molar-refractivity contribution in [3.8, 4) is 0 Å². The molecule has 0 saturated carbocycles. The maximum atomic E-state index is 13.3. The van der Waals surface area contributed by atoms with Crippen LogP contribution in [0.3, 0.4) is 0 Å². The molecule has 2 aromatic rings. The van der Waals surface area contributed by atoms with Gasteiger partial charge in [0.2, 0.25) is 5.91 Å². The minimum atomic E-state index is -0.675. The number of nitrogens with zero attached hydrogens (tertiary/aromatic N) is 4. The molecule has 3 aliphatic heterocycles. The summed E-state index contributed by atoms with van der Waals surface area (Å²) in [5.41, 5.74) is 2.56. The van der Waals surface area contributed by atoms with Crippen molar-refractivity contribution in [3.63, 3.8) is 0 Å². The first-order valence-corrected chi connectivity index (χ1v) is 11.4. The number of aryl methyl sites for hydroxylation is 1. The number of cyclic esters (lactones) is 1. The molecule has 0 aliphatic carbocycles. The van der Waals surface area contributed by atoms with E-state index < -0.39 is 11.5 Å². The smallest absolute Gasteiger partial charge is 0.338 e. The number of aliphatic hydroxyl groups is 1. The quantitative estimate of drug-likeness (QED) is 0.698. The molecule has 5 rings (SSSR count). The van der Waals surface area contributed by atoms with Crippen LogP contribution in [0.5, 0.6) is 0 Å². The molecule has 174 valence electrons. The van der Waals surface area contributed by atoms with Crippen LogP contribution in [0.25, 0.3) is 0 Å². The second-order valence-electron chi connectivity index (χ2n) is 9.34. The highest BCUT2D eigenvalue weighted by atomic mass is 16.5. The van der Waals surface area contributed by atoms with Crippen LogP contribution in [0.4, 0.5) is 5.82 Å². The van der Waals surface area contributed by atoms with Crippen LogP contribution in [0.15, 0.2) is 29.1 Å². The molecule has 1 N–H and O–H groups in total. The van der Waals surface area contributed by atoms with E-state index in [4.69, 9.17) is 4.74 Å². The predicted octanol–water partition coefficient (Wildman–Crippen LogP) is 1.31. The maximum Gasteiger partial charge on any atom is 0.338 e. The Morgan fingerprint density at radius 2 is 1.82 bits per heavy atom. The first kappa shape index (κ1) is 21.8. The van der Waals surface area contributed by atoms with Gasteiger partial charge in [-0.25, -0.2) is 9.48 Å². The first-order chi connectivity index (χ1) is 15.8. The molecule has 1 atom stereocenters. The molecular formula is C24H28N4O5. The number of carbonyl (C=O) groups excluding carboxylic acids is 2. The van der Waals surface area contributed by atoms with Crippen molar-refractivity contribution in [3.05, 3.63) is 56.9 Å². The van der Waals surface area contributed by atoms with Gasteiger partial charge in [0.15, 0.2) is 5.82 Å². The van der Waals surface area contributed by atoms with Crippen LogP contribution in [-0.4, -0.2) is 57.8 Å². The second-order valence-corrected chi connectivity index (χ2v) is 9.34. The Bertz CT molecular complexity index is 1180. The molecule has 0 radical (unpaired) electrons. The summed E-state index contributed by atoms with van der Waals surface area (Å²) in [7, 11) is 1.58. The Hall–Kier alpha value is -3.04. The van der Waals surface area contributed by atoms with Gasteiger partial charge in [0.05, 0.1) is 17.1 Å². The topological polar surface area (TPSA) is 105 Å². The largest absolute Gasteiger partial charge is 0.457 e. The molecule has 9 heteroatoms. The van der Waals surface area contributed by atoms with Gasteiger partial charge in [0.25, 0.3) is 5.56 Å². The van der Waals surface area contributed by atoms with Gasteiger partial charge in [0.1, 0.15) is 6.61 Å². The van der Waals surface area contributed by atoms with E-state index in [1.807, 2.05) is 13.0 Å². The number of amides is 1. The molecule has 0 unspecified atom stereocenters. The zero-order valence-electron chi connectivity index (χ0n) is 18.9. The summed E-state index contributed by atoms with van der Waals surface area (Å²) in [6.45, 7) is 4.71. The summed E-state index contributed by atoms with van der Waals surface area (Å²) < 4.78 is 6.37. The van der Waals surface area contributed by atoms with Crippen LogP contribution >= 0.6 is 0 Å². The van der Waals surface area contributed by atoms with Gasteiger partial charge in [-0.2, -0.15) is 5.10 Å². The van der Waals surface area contributed by atoms with Gasteiger partial charge >= 0.3 is 5.97 Å². The molecule has 1 amide bonds. The monoisotopic (exact) mass is 452 g/mol. The van der Waals surface area contributed by atoms with E-state index in [2.05, 4.69) is 10.00 Å². The van der Waals surface area contributed by atoms with Crippen molar-refractivity contribution >= 4 is 17.7 Å². The average Bonchev–Trinajstić information content (AvgIpc) is 3.33. The average molecular weight is 453 g/mol. The van der Waals surface area contributed by atoms with Gasteiger partial charge in [-0.1, -0.05) is 6.07 Å². The molecule has 0 bridgehead atoms. The summed E-state index contributed by atoms with van der Waals surface area (Å²) in [5.74, 6) is 0.290. The normalized spacial score (nSPS) is 20.9. The SMILES string of the molecule is Cc1c([C@H](O)CN2CCC3(CC2)CCN(c2ccc(=O)n(C)n2)C3=O)ccc2c1COC2=O. The first-order valence-electron chi connectivity index (χ1n) is 11.4. The molecule has 33 heavy (non-hydrogen) atoms. The van der Waals surface area contributed by atoms with Crippen LogP contribution in [0.1, 0.15) is 52.4 Å². The number of hydrogen-bond donors (Lipinski definition) is 1. The molecule has 2 fully saturated rings. The fraction of sp³-hybridized carbons (Fsp3) is 0.500. The molecule has 4 heterocycles. The number of likely N-dealkylation sites (tertiary alicyclic amines) is 1. The number of ether oxygens (including phenoxy) is 1. The van der Waals surface area contributed by atoms with Gasteiger partial charge in [0, 0.05) is 31.8 Å². The van der Waals surface area contributed by atoms with E-state index in [-0.39, 0.29) is 24.0 Å². The number of piperidine rings is 1. The van der Waals surface area contributed by atoms with Crippen molar-refractivity contribution in [1.29, 1.82) is 0 Å². The number of β-amino-alcohol motifs (C(OH)–C–C–N with tert-alkyl or cyclic N) is 1. The van der Waals surface area contributed by atoms with E-state index >= 15 is 0 Å². The Labute approximate surface area is 191 Å². The molecule has 9 nitrogen and oxygen atoms in total. The lowest BCUT2D eigenvalue weighted by molar-refractivity contribution is -0.128. The van der Waals surface area contributed by atoms with E-state index in [1.54, 1.807) is 24.1 Å². The number of esters is 1. The summed E-state index contributed by atoms with van der Waals surface area (Å²) >= 11 is 0. The lowest BCUT2D eigenvalue weighted by Crippen LogP contribution is -2.46. The van der Waals surface area contributed by atoms with Crippen molar-refractivity contribution in [2.24, 2.45) is 12.5 Å². The van der Waals surface area contributed by atoms with Gasteiger partial charge in [-0.15, -0.1) is 0 Å². The number of rotatable bonds is 4. The Kier molecular flexibility index (Phi) is 5.33. The van der Waals surface area contributed by atoms with Crippen molar-refractivity contribution in [1.82, 2.24) is 14.7 Å². The molecular weight excluding hydrogens is 424 g/mol. The van der Waals surface area contributed by atoms with Crippen LogP contribution < -0.4 is 10.5 Å². The summed E-state index contributed by atoms with van der Waals surface area (Å²) in [5, 5.41) is 15.2. The number of fused-ring (bicyclic) bond motifs is 1. The van der Waals surface area contributed by atoms with Crippen molar-refractivity contribution in [2.45, 2.75) is 38.9 Å². The number of aromatic nitrogens is 2. The van der Waals surface area contributed by atoms with E-state index in [9.17, 15) is 19.5 Å². The maximum absolute atomic E-state index is 13.3. The van der Waals surface area contributed by atoms with E-state index in [0.29, 0.717) is 24.5 Å². The fourth-order valence-corrected chi connectivity index (χ4v) is 5.37. The molecule has 1 aromatic heterocycles. The summed E-state index contributed by atoms with van der Waals surface area (Å²) in [6, 6.07) is 6.60. The molecule has 1 spiro atoms. The molecule has 1 aromatic carbocycles. The van der Waals surface area contributed by atoms with Gasteiger partial charge in [-0.05, 0) is 62.5 Å². The Morgan fingerprint density at radius 1 is 1.09 bits per heavy atom. The highest BCUT2D eigenvalue weighted by Crippen LogP contribution is 2.43. The van der Waals surface area contributed by atoms with E-state index in [1.165, 1.54) is 10.7 Å². The minimum absolute atomic E-state index is 0.0768. The lowest BCUT2D eigenvalue weighted by Gasteiger charge is -2.38. The highest BCUT2D eigenvalue weighted by molar-refractivity contribution is 5.99. The number of hydrogen-bond acceptors (Lipinski definition) is 7.